The van der Waals surface area contributed by atoms with Crippen LogP contribution >= 0.6 is 11.3 Å². The minimum atomic E-state index is -0.0226. The Labute approximate surface area is 153 Å². The number of ether oxygens (including phenoxy) is 1. The van der Waals surface area contributed by atoms with Gasteiger partial charge in [-0.3, -0.25) is 4.79 Å². The molecule has 0 spiro atoms. The molecular formula is C17H29N5O2S. The molecule has 1 fully saturated rings. The third kappa shape index (κ3) is 7.39. The molecule has 1 aliphatic heterocycles. The molecule has 1 aliphatic rings. The average molecular weight is 368 g/mol. The molecule has 0 bridgehead atoms. The largest absolute Gasteiger partial charge is 0.376 e. The van der Waals surface area contributed by atoms with Crippen molar-refractivity contribution < 1.29 is 9.53 Å². The third-order valence-corrected chi connectivity index (χ3v) is 4.92. The van der Waals surface area contributed by atoms with E-state index in [1.807, 2.05) is 6.20 Å². The van der Waals surface area contributed by atoms with Gasteiger partial charge in [0.1, 0.15) is 6.54 Å². The van der Waals surface area contributed by atoms with E-state index >= 15 is 0 Å². The molecule has 1 saturated heterocycles. The summed E-state index contributed by atoms with van der Waals surface area (Å²) >= 11 is 1.71. The number of aromatic nitrogens is 1. The predicted octanol–water partition coefficient (Wildman–Crippen LogP) is 1.19. The molecule has 2 heterocycles. The molecule has 25 heavy (non-hydrogen) atoms. The Morgan fingerprint density at radius 3 is 2.92 bits per heavy atom. The summed E-state index contributed by atoms with van der Waals surface area (Å²) in [6.07, 6.45) is 6.35. The standard InChI is InChI=1S/C17H29N5O2S/c1-13-10-19-15(25-13)7-8-18-17(21-12-16(23)22(2)3)20-11-14-6-4-5-9-24-14/h10,14H,4-9,11-12H2,1-3H3,(H2,18,20,21). The van der Waals surface area contributed by atoms with Gasteiger partial charge < -0.3 is 20.3 Å². The number of carbonyl (C=O) groups excluding carboxylic acids is 1. The Hall–Kier alpha value is -1.67. The van der Waals surface area contributed by atoms with Crippen molar-refractivity contribution in [2.45, 2.75) is 38.7 Å². The number of aliphatic imine (C=N–C) groups is 1. The first-order valence-electron chi connectivity index (χ1n) is 8.80. The van der Waals surface area contributed by atoms with Crippen LogP contribution in [0.25, 0.3) is 0 Å². The van der Waals surface area contributed by atoms with E-state index in [1.54, 1.807) is 30.3 Å². The second-order valence-corrected chi connectivity index (χ2v) is 7.68. The number of rotatable bonds is 7. The van der Waals surface area contributed by atoms with Crippen LogP contribution in [-0.4, -0.2) is 68.2 Å². The lowest BCUT2D eigenvalue weighted by Crippen LogP contribution is -2.43. The van der Waals surface area contributed by atoms with Crippen molar-refractivity contribution >= 4 is 23.2 Å². The van der Waals surface area contributed by atoms with E-state index in [0.717, 1.165) is 37.4 Å². The number of nitrogens with one attached hydrogen (secondary N) is 2. The van der Waals surface area contributed by atoms with Gasteiger partial charge in [0.2, 0.25) is 5.91 Å². The van der Waals surface area contributed by atoms with Crippen LogP contribution in [0.1, 0.15) is 29.1 Å². The van der Waals surface area contributed by atoms with Gasteiger partial charge in [0.15, 0.2) is 5.96 Å². The van der Waals surface area contributed by atoms with Crippen LogP contribution in [-0.2, 0) is 16.0 Å². The molecule has 0 radical (unpaired) electrons. The minimum absolute atomic E-state index is 0.0226. The number of nitrogens with zero attached hydrogens (tertiary/aromatic N) is 3. The first kappa shape index (κ1) is 19.7. The molecule has 2 rings (SSSR count). The van der Waals surface area contributed by atoms with Crippen molar-refractivity contribution in [2.24, 2.45) is 4.99 Å². The van der Waals surface area contributed by atoms with E-state index in [9.17, 15) is 4.79 Å². The van der Waals surface area contributed by atoms with Gasteiger partial charge in [0.25, 0.3) is 0 Å². The second kappa shape index (κ2) is 10.4. The summed E-state index contributed by atoms with van der Waals surface area (Å²) in [5.74, 6) is 0.628. The van der Waals surface area contributed by atoms with Gasteiger partial charge >= 0.3 is 0 Å². The monoisotopic (exact) mass is 367 g/mol. The van der Waals surface area contributed by atoms with E-state index in [1.165, 1.54) is 11.3 Å². The van der Waals surface area contributed by atoms with Gasteiger partial charge in [-0.05, 0) is 26.2 Å². The SMILES string of the molecule is Cc1cnc(CCNC(=NCC(=O)N(C)C)NCC2CCCCO2)s1. The quantitative estimate of drug-likeness (QED) is 0.559. The van der Waals surface area contributed by atoms with Gasteiger partial charge in [-0.1, -0.05) is 0 Å². The molecule has 1 atom stereocenters. The van der Waals surface area contributed by atoms with Gasteiger partial charge in [-0.15, -0.1) is 11.3 Å². The second-order valence-electron chi connectivity index (χ2n) is 6.36. The number of amides is 1. The number of guanidine groups is 1. The highest BCUT2D eigenvalue weighted by molar-refractivity contribution is 7.11. The number of carbonyl (C=O) groups is 1. The molecular weight excluding hydrogens is 338 g/mol. The first-order valence-corrected chi connectivity index (χ1v) is 9.61. The Morgan fingerprint density at radius 2 is 2.28 bits per heavy atom. The smallest absolute Gasteiger partial charge is 0.243 e. The lowest BCUT2D eigenvalue weighted by atomic mass is 10.1. The minimum Gasteiger partial charge on any atom is -0.376 e. The molecule has 1 unspecified atom stereocenters. The van der Waals surface area contributed by atoms with E-state index < -0.39 is 0 Å². The van der Waals surface area contributed by atoms with E-state index in [-0.39, 0.29) is 18.6 Å². The van der Waals surface area contributed by atoms with Crippen molar-refractivity contribution in [3.8, 4) is 0 Å². The number of likely N-dealkylation sites (N-methyl/N-ethyl adjacent to an activating group) is 1. The molecule has 0 saturated carbocycles. The van der Waals surface area contributed by atoms with Crippen molar-refractivity contribution in [2.75, 3.05) is 40.3 Å². The first-order chi connectivity index (χ1) is 12.0. The fourth-order valence-electron chi connectivity index (χ4n) is 2.45. The average Bonchev–Trinajstić information content (AvgIpc) is 3.02. The Kier molecular flexibility index (Phi) is 8.14. The molecule has 2 N–H and O–H groups in total. The Morgan fingerprint density at radius 1 is 1.44 bits per heavy atom. The van der Waals surface area contributed by atoms with E-state index in [4.69, 9.17) is 4.74 Å². The van der Waals surface area contributed by atoms with Gasteiger partial charge in [0, 0.05) is 51.3 Å². The molecule has 1 amide bonds. The maximum Gasteiger partial charge on any atom is 0.243 e. The normalized spacial score (nSPS) is 18.0. The van der Waals surface area contributed by atoms with Crippen molar-refractivity contribution in [3.63, 3.8) is 0 Å². The molecule has 7 nitrogen and oxygen atoms in total. The predicted molar refractivity (Wildman–Crippen MR) is 101 cm³/mol. The van der Waals surface area contributed by atoms with Crippen LogP contribution in [0.2, 0.25) is 0 Å². The number of aryl methyl sites for hydroxylation is 1. The van der Waals surface area contributed by atoms with Crippen LogP contribution in [0.5, 0.6) is 0 Å². The van der Waals surface area contributed by atoms with Crippen LogP contribution in [0.4, 0.5) is 0 Å². The Bertz CT molecular complexity index is 567. The van der Waals surface area contributed by atoms with Crippen molar-refractivity contribution in [1.82, 2.24) is 20.5 Å². The van der Waals surface area contributed by atoms with E-state index in [0.29, 0.717) is 12.5 Å². The van der Waals surface area contributed by atoms with Crippen LogP contribution in [0, 0.1) is 6.92 Å². The molecule has 1 aromatic heterocycles. The third-order valence-electron chi connectivity index (χ3n) is 3.94. The molecule has 0 aliphatic carbocycles. The van der Waals surface area contributed by atoms with Crippen molar-refractivity contribution in [1.29, 1.82) is 0 Å². The summed E-state index contributed by atoms with van der Waals surface area (Å²) in [6.45, 7) is 4.44. The zero-order valence-corrected chi connectivity index (χ0v) is 16.2. The van der Waals surface area contributed by atoms with Gasteiger partial charge in [-0.25, -0.2) is 9.98 Å². The number of hydrogen-bond donors (Lipinski definition) is 2. The number of hydrogen-bond acceptors (Lipinski definition) is 5. The summed E-state index contributed by atoms with van der Waals surface area (Å²) < 4.78 is 5.74. The van der Waals surface area contributed by atoms with Gasteiger partial charge in [-0.2, -0.15) is 0 Å². The lowest BCUT2D eigenvalue weighted by Gasteiger charge is -2.23. The topological polar surface area (TPSA) is 78.9 Å². The fraction of sp³-hybridized carbons (Fsp3) is 0.706. The summed E-state index contributed by atoms with van der Waals surface area (Å²) in [4.78, 5) is 23.3. The van der Waals surface area contributed by atoms with Gasteiger partial charge in [0.05, 0.1) is 11.1 Å². The lowest BCUT2D eigenvalue weighted by molar-refractivity contribution is -0.127. The van der Waals surface area contributed by atoms with Crippen LogP contribution < -0.4 is 10.6 Å². The molecule has 1 aromatic rings. The Balaban J connectivity index is 1.83. The summed E-state index contributed by atoms with van der Waals surface area (Å²) in [6, 6.07) is 0. The maximum atomic E-state index is 11.8. The summed E-state index contributed by atoms with van der Waals surface area (Å²) in [7, 11) is 3.47. The molecule has 8 heteroatoms. The highest BCUT2D eigenvalue weighted by Gasteiger charge is 2.14. The highest BCUT2D eigenvalue weighted by Crippen LogP contribution is 2.12. The van der Waals surface area contributed by atoms with E-state index in [2.05, 4.69) is 27.5 Å². The zero-order valence-electron chi connectivity index (χ0n) is 15.4. The fourth-order valence-corrected chi connectivity index (χ4v) is 3.23. The molecule has 140 valence electrons. The van der Waals surface area contributed by atoms with Crippen LogP contribution in [0.15, 0.2) is 11.2 Å². The summed E-state index contributed by atoms with van der Waals surface area (Å²) in [5, 5.41) is 7.69. The van der Waals surface area contributed by atoms with Crippen molar-refractivity contribution in [3.05, 3.63) is 16.1 Å². The van der Waals surface area contributed by atoms with Crippen LogP contribution in [0.3, 0.4) is 0 Å². The molecule has 0 aromatic carbocycles. The zero-order chi connectivity index (χ0) is 18.1. The highest BCUT2D eigenvalue weighted by atomic mass is 32.1. The number of thiazole rings is 1. The summed E-state index contributed by atoms with van der Waals surface area (Å²) in [5.41, 5.74) is 0. The maximum absolute atomic E-state index is 11.8.